The van der Waals surface area contributed by atoms with Crippen LogP contribution in [0.4, 0.5) is 14.5 Å². The molecule has 1 N–H and O–H groups in total. The highest BCUT2D eigenvalue weighted by atomic mass is 35.5. The van der Waals surface area contributed by atoms with Gasteiger partial charge in [0.05, 0.1) is 12.8 Å². The van der Waals surface area contributed by atoms with E-state index in [1.807, 2.05) is 0 Å². The van der Waals surface area contributed by atoms with Crippen molar-refractivity contribution in [2.75, 3.05) is 12.4 Å². The summed E-state index contributed by atoms with van der Waals surface area (Å²) < 4.78 is 33.0. The summed E-state index contributed by atoms with van der Waals surface area (Å²) in [6, 6.07) is 9.88. The minimum Gasteiger partial charge on any atom is -0.467 e. The van der Waals surface area contributed by atoms with Crippen molar-refractivity contribution in [2.45, 2.75) is 6.04 Å². The number of nitrogens with zero attached hydrogens (tertiary/aromatic N) is 2. The van der Waals surface area contributed by atoms with Gasteiger partial charge in [0.1, 0.15) is 28.3 Å². The Morgan fingerprint density at radius 2 is 1.76 bits per heavy atom. The highest BCUT2D eigenvalue weighted by molar-refractivity contribution is 6.33. The van der Waals surface area contributed by atoms with Crippen LogP contribution in [0.5, 0.6) is 0 Å². The van der Waals surface area contributed by atoms with Gasteiger partial charge in [-0.1, -0.05) is 41.9 Å². The van der Waals surface area contributed by atoms with E-state index in [1.54, 1.807) is 30.3 Å². The molecule has 0 saturated carbocycles. The highest BCUT2D eigenvalue weighted by Gasteiger charge is 2.28. The maximum Gasteiger partial charge on any atom is 0.332 e. The molecule has 1 atom stereocenters. The standard InChI is InChI=1S/C17H10ClF2N3O2/c1-25-17(24)15(9-5-3-2-4-6-9)23-16-11(8-22)13(19)10(7-21)14(20)12(16)18/h2-6,15,23H,1H3/t15-/m0/s1. The van der Waals surface area contributed by atoms with Gasteiger partial charge in [0.25, 0.3) is 0 Å². The molecular formula is C17H10ClF2N3O2. The maximum absolute atomic E-state index is 14.2. The molecule has 2 aromatic rings. The zero-order chi connectivity index (χ0) is 18.6. The number of carbonyl (C=O) groups is 1. The molecule has 0 spiro atoms. The van der Waals surface area contributed by atoms with E-state index in [-0.39, 0.29) is 0 Å². The van der Waals surface area contributed by atoms with Crippen LogP contribution in [-0.4, -0.2) is 13.1 Å². The molecule has 0 amide bonds. The Morgan fingerprint density at radius 1 is 1.16 bits per heavy atom. The summed E-state index contributed by atoms with van der Waals surface area (Å²) in [5.74, 6) is -3.43. The molecule has 0 unspecified atom stereocenters. The number of hydrogen-bond donors (Lipinski definition) is 1. The van der Waals surface area contributed by atoms with Crippen molar-refractivity contribution in [1.29, 1.82) is 10.5 Å². The lowest BCUT2D eigenvalue weighted by molar-refractivity contribution is -0.141. The van der Waals surface area contributed by atoms with Gasteiger partial charge in [-0.3, -0.25) is 0 Å². The highest BCUT2D eigenvalue weighted by Crippen LogP contribution is 2.36. The third-order valence-electron chi connectivity index (χ3n) is 3.40. The van der Waals surface area contributed by atoms with Crippen LogP contribution in [-0.2, 0) is 9.53 Å². The van der Waals surface area contributed by atoms with E-state index in [9.17, 15) is 18.8 Å². The number of carbonyl (C=O) groups excluding carboxylic acids is 1. The number of benzene rings is 2. The number of rotatable bonds is 4. The Bertz CT molecular complexity index is 905. The van der Waals surface area contributed by atoms with Crippen molar-refractivity contribution in [1.82, 2.24) is 0 Å². The molecule has 0 radical (unpaired) electrons. The second kappa shape index (κ2) is 7.61. The van der Waals surface area contributed by atoms with Gasteiger partial charge in [-0.25, -0.2) is 13.6 Å². The van der Waals surface area contributed by atoms with Crippen LogP contribution < -0.4 is 5.32 Å². The predicted octanol–water partition coefficient (Wildman–Crippen LogP) is 3.69. The Kier molecular flexibility index (Phi) is 5.53. The Hall–Kier alpha value is -3.16. The van der Waals surface area contributed by atoms with Gasteiger partial charge in [0.2, 0.25) is 0 Å². The third kappa shape index (κ3) is 3.37. The number of esters is 1. The number of hydrogen-bond acceptors (Lipinski definition) is 5. The summed E-state index contributed by atoms with van der Waals surface area (Å²) in [5.41, 5.74) is -1.65. The first-order valence-corrected chi connectivity index (χ1v) is 7.24. The SMILES string of the molecule is COC(=O)[C@@H](Nc1c(Cl)c(F)c(C#N)c(F)c1C#N)c1ccccc1. The Morgan fingerprint density at radius 3 is 2.28 bits per heavy atom. The monoisotopic (exact) mass is 361 g/mol. The molecule has 25 heavy (non-hydrogen) atoms. The van der Waals surface area contributed by atoms with E-state index in [2.05, 4.69) is 5.32 Å². The van der Waals surface area contributed by atoms with Crippen LogP contribution in [0.2, 0.25) is 5.02 Å². The average Bonchev–Trinajstić information content (AvgIpc) is 2.64. The lowest BCUT2D eigenvalue weighted by Gasteiger charge is -2.20. The molecule has 0 saturated heterocycles. The first-order valence-electron chi connectivity index (χ1n) is 6.86. The summed E-state index contributed by atoms with van der Waals surface area (Å²) in [5, 5.41) is 19.9. The minimum atomic E-state index is -1.36. The topological polar surface area (TPSA) is 85.9 Å². The first kappa shape index (κ1) is 18.2. The number of halogens is 3. The lowest BCUT2D eigenvalue weighted by atomic mass is 10.0. The van der Waals surface area contributed by atoms with Crippen LogP contribution in [0.25, 0.3) is 0 Å². The van der Waals surface area contributed by atoms with Gasteiger partial charge in [0, 0.05) is 0 Å². The number of anilines is 1. The number of nitrogens with one attached hydrogen (secondary N) is 1. The Balaban J connectivity index is 2.63. The van der Waals surface area contributed by atoms with E-state index in [1.165, 1.54) is 12.1 Å². The summed E-state index contributed by atoms with van der Waals surface area (Å²) in [6.07, 6.45) is 0. The van der Waals surface area contributed by atoms with Crippen LogP contribution in [0.1, 0.15) is 22.7 Å². The second-order valence-corrected chi connectivity index (χ2v) is 5.18. The summed E-state index contributed by atoms with van der Waals surface area (Å²) in [7, 11) is 1.15. The summed E-state index contributed by atoms with van der Waals surface area (Å²) in [6.45, 7) is 0. The summed E-state index contributed by atoms with van der Waals surface area (Å²) >= 11 is 5.85. The van der Waals surface area contributed by atoms with Gasteiger partial charge in [-0.2, -0.15) is 10.5 Å². The van der Waals surface area contributed by atoms with Gasteiger partial charge in [-0.15, -0.1) is 0 Å². The lowest BCUT2D eigenvalue weighted by Crippen LogP contribution is -2.23. The average molecular weight is 362 g/mol. The van der Waals surface area contributed by atoms with Gasteiger partial charge in [0.15, 0.2) is 17.7 Å². The minimum absolute atomic E-state index is 0.430. The molecule has 2 rings (SSSR count). The molecule has 0 fully saturated rings. The summed E-state index contributed by atoms with van der Waals surface area (Å²) in [4.78, 5) is 12.1. The van der Waals surface area contributed by atoms with Crippen molar-refractivity contribution in [3.8, 4) is 12.1 Å². The molecule has 5 nitrogen and oxygen atoms in total. The molecule has 0 heterocycles. The molecule has 0 aliphatic heterocycles. The van der Waals surface area contributed by atoms with Crippen molar-refractivity contribution in [3.05, 3.63) is 63.7 Å². The van der Waals surface area contributed by atoms with Gasteiger partial charge in [-0.05, 0) is 5.56 Å². The molecule has 0 aliphatic carbocycles. The van der Waals surface area contributed by atoms with E-state index >= 15 is 0 Å². The molecular weight excluding hydrogens is 352 g/mol. The molecule has 2 aromatic carbocycles. The molecule has 0 aromatic heterocycles. The van der Waals surface area contributed by atoms with Crippen molar-refractivity contribution >= 4 is 23.3 Å². The molecule has 0 aliphatic rings. The van der Waals surface area contributed by atoms with Gasteiger partial charge >= 0.3 is 5.97 Å². The first-order chi connectivity index (χ1) is 12.0. The number of nitriles is 2. The van der Waals surface area contributed by atoms with Crippen molar-refractivity contribution < 1.29 is 18.3 Å². The zero-order valence-corrected chi connectivity index (χ0v) is 13.6. The number of methoxy groups -OCH3 is 1. The fraction of sp³-hybridized carbons (Fsp3) is 0.118. The van der Waals surface area contributed by atoms with Crippen LogP contribution in [0, 0.1) is 34.3 Å². The van der Waals surface area contributed by atoms with E-state index in [0.717, 1.165) is 7.11 Å². The van der Waals surface area contributed by atoms with Crippen LogP contribution >= 0.6 is 11.6 Å². The molecule has 0 bridgehead atoms. The number of ether oxygens (including phenoxy) is 1. The largest absolute Gasteiger partial charge is 0.467 e. The van der Waals surface area contributed by atoms with Crippen molar-refractivity contribution in [3.63, 3.8) is 0 Å². The smallest absolute Gasteiger partial charge is 0.332 e. The van der Waals surface area contributed by atoms with Crippen LogP contribution in [0.3, 0.4) is 0 Å². The maximum atomic E-state index is 14.2. The fourth-order valence-corrected chi connectivity index (χ4v) is 2.43. The van der Waals surface area contributed by atoms with E-state index in [0.29, 0.717) is 5.56 Å². The predicted molar refractivity (Wildman–Crippen MR) is 85.6 cm³/mol. The quantitative estimate of drug-likeness (QED) is 0.663. The van der Waals surface area contributed by atoms with Crippen LogP contribution in [0.15, 0.2) is 30.3 Å². The molecule has 8 heteroatoms. The van der Waals surface area contributed by atoms with E-state index < -0.39 is 45.5 Å². The normalized spacial score (nSPS) is 11.1. The zero-order valence-electron chi connectivity index (χ0n) is 12.8. The third-order valence-corrected chi connectivity index (χ3v) is 3.76. The van der Waals surface area contributed by atoms with Crippen molar-refractivity contribution in [2.24, 2.45) is 0 Å². The Labute approximate surface area is 147 Å². The fourth-order valence-electron chi connectivity index (χ4n) is 2.19. The van der Waals surface area contributed by atoms with Gasteiger partial charge < -0.3 is 10.1 Å². The molecule has 126 valence electrons. The van der Waals surface area contributed by atoms with E-state index in [4.69, 9.17) is 21.6 Å². The second-order valence-electron chi connectivity index (χ2n) is 4.80.